The van der Waals surface area contributed by atoms with Crippen LogP contribution in [0.4, 0.5) is 0 Å². The first kappa shape index (κ1) is 7.92. The monoisotopic (exact) mass is 143 g/mol. The zero-order chi connectivity index (χ0) is 7.28. The molecule has 0 amide bonds. The molecule has 0 saturated carbocycles. The Balaban J connectivity index is 4.63. The summed E-state index contributed by atoms with van der Waals surface area (Å²) in [4.78, 5) is -0.176. The van der Waals surface area contributed by atoms with Crippen molar-refractivity contribution < 1.29 is 8.42 Å². The second-order valence-corrected chi connectivity index (χ2v) is 2.22. The Hall–Kier alpha value is -1.08. The summed E-state index contributed by atoms with van der Waals surface area (Å²) in [5.74, 6) is 0. The number of rotatable bonds is 2. The van der Waals surface area contributed by atoms with Gasteiger partial charge in [0.15, 0.2) is 4.86 Å². The van der Waals surface area contributed by atoms with Crippen LogP contribution in [0.5, 0.6) is 0 Å². The van der Waals surface area contributed by atoms with Crippen molar-refractivity contribution in [1.29, 1.82) is 5.26 Å². The Labute approximate surface area is 54.8 Å². The number of nitriles is 1. The molecule has 0 fully saturated rings. The second-order valence-electron chi connectivity index (χ2n) is 1.26. The van der Waals surface area contributed by atoms with Crippen LogP contribution in [0.3, 0.4) is 0 Å². The van der Waals surface area contributed by atoms with Crippen molar-refractivity contribution in [3.63, 3.8) is 0 Å². The SMILES string of the molecule is C=CCC(C#N)=S(=O)=O. The van der Waals surface area contributed by atoms with Crippen molar-refractivity contribution in [2.75, 3.05) is 0 Å². The van der Waals surface area contributed by atoms with E-state index in [-0.39, 0.29) is 11.3 Å². The van der Waals surface area contributed by atoms with Crippen LogP contribution in [0.1, 0.15) is 6.42 Å². The molecule has 0 saturated heterocycles. The van der Waals surface area contributed by atoms with Gasteiger partial charge in [0.05, 0.1) is 0 Å². The third kappa shape index (κ3) is 2.67. The predicted molar refractivity (Wildman–Crippen MR) is 34.4 cm³/mol. The molecule has 0 heterocycles. The van der Waals surface area contributed by atoms with Gasteiger partial charge in [-0.1, -0.05) is 6.08 Å². The third-order valence-electron chi connectivity index (χ3n) is 0.656. The molecule has 4 heteroatoms. The molecule has 0 radical (unpaired) electrons. The average molecular weight is 143 g/mol. The van der Waals surface area contributed by atoms with Gasteiger partial charge in [0.25, 0.3) is 0 Å². The normalized spacial score (nSPS) is 7.44. The Morgan fingerprint density at radius 1 is 1.78 bits per heavy atom. The molecule has 0 aromatic heterocycles. The zero-order valence-electron chi connectivity index (χ0n) is 4.66. The average Bonchev–Trinajstić information content (AvgIpc) is 1.82. The lowest BCUT2D eigenvalue weighted by molar-refractivity contribution is 0.627. The molecule has 0 aromatic carbocycles. The minimum absolute atomic E-state index is 0.118. The van der Waals surface area contributed by atoms with Crippen molar-refractivity contribution in [3.8, 4) is 6.07 Å². The summed E-state index contributed by atoms with van der Waals surface area (Å²) in [5.41, 5.74) is 0. The summed E-state index contributed by atoms with van der Waals surface area (Å²) in [7, 11) is -2.37. The van der Waals surface area contributed by atoms with Crippen LogP contribution in [-0.4, -0.2) is 13.3 Å². The minimum Gasteiger partial charge on any atom is -0.192 e. The van der Waals surface area contributed by atoms with Gasteiger partial charge in [0.2, 0.25) is 10.3 Å². The largest absolute Gasteiger partial charge is 0.228 e. The molecule has 0 aromatic rings. The Morgan fingerprint density at radius 3 is 2.44 bits per heavy atom. The number of hydrogen-bond donors (Lipinski definition) is 0. The van der Waals surface area contributed by atoms with Crippen molar-refractivity contribution in [2.24, 2.45) is 0 Å². The van der Waals surface area contributed by atoms with Crippen LogP contribution < -0.4 is 0 Å². The summed E-state index contributed by atoms with van der Waals surface area (Å²) < 4.78 is 20.0. The van der Waals surface area contributed by atoms with Gasteiger partial charge < -0.3 is 0 Å². The van der Waals surface area contributed by atoms with Crippen LogP contribution in [0.2, 0.25) is 0 Å². The third-order valence-corrected chi connectivity index (χ3v) is 1.32. The first-order valence-electron chi connectivity index (χ1n) is 2.18. The van der Waals surface area contributed by atoms with Gasteiger partial charge in [0, 0.05) is 6.42 Å². The van der Waals surface area contributed by atoms with Crippen LogP contribution in [0, 0.1) is 11.3 Å². The molecule has 0 rings (SSSR count). The Bertz CT molecular complexity index is 260. The summed E-state index contributed by atoms with van der Waals surface area (Å²) in [6, 6.07) is 1.54. The first-order chi connectivity index (χ1) is 4.22. The maximum atomic E-state index is 10.0. The maximum Gasteiger partial charge on any atom is 0.228 e. The predicted octanol–water partition coefficient (Wildman–Crippen LogP) is 0.138. The fourth-order valence-corrected chi connectivity index (χ4v) is 0.611. The minimum atomic E-state index is -2.37. The fraction of sp³-hybridized carbons (Fsp3) is 0.200. The molecular weight excluding hydrogens is 138 g/mol. The molecule has 0 aliphatic heterocycles. The molecule has 48 valence electrons. The van der Waals surface area contributed by atoms with E-state index in [1.165, 1.54) is 12.1 Å². The molecule has 0 N–H and O–H groups in total. The highest BCUT2D eigenvalue weighted by Crippen LogP contribution is 1.81. The van der Waals surface area contributed by atoms with E-state index in [0.717, 1.165) is 0 Å². The molecule has 0 bridgehead atoms. The quantitative estimate of drug-likeness (QED) is 0.408. The molecular formula is C5H5NO2S. The van der Waals surface area contributed by atoms with Crippen molar-refractivity contribution >= 4 is 15.2 Å². The summed E-state index contributed by atoms with van der Waals surface area (Å²) in [6.07, 6.45) is 1.49. The molecule has 0 aliphatic rings. The molecule has 0 unspecified atom stereocenters. The Morgan fingerprint density at radius 2 is 2.33 bits per heavy atom. The lowest BCUT2D eigenvalue weighted by Crippen LogP contribution is -1.91. The summed E-state index contributed by atoms with van der Waals surface area (Å²) in [6.45, 7) is 3.29. The van der Waals surface area contributed by atoms with Crippen LogP contribution in [-0.2, 0) is 10.3 Å². The van der Waals surface area contributed by atoms with E-state index in [1.807, 2.05) is 0 Å². The smallest absolute Gasteiger partial charge is 0.192 e. The van der Waals surface area contributed by atoms with Gasteiger partial charge in [-0.2, -0.15) is 13.7 Å². The van der Waals surface area contributed by atoms with E-state index in [4.69, 9.17) is 5.26 Å². The molecule has 0 spiro atoms. The summed E-state index contributed by atoms with van der Waals surface area (Å²) >= 11 is 0. The number of nitrogens with zero attached hydrogens (tertiary/aromatic N) is 1. The van der Waals surface area contributed by atoms with Crippen molar-refractivity contribution in [2.45, 2.75) is 6.42 Å². The van der Waals surface area contributed by atoms with E-state index < -0.39 is 10.3 Å². The van der Waals surface area contributed by atoms with E-state index >= 15 is 0 Å². The number of allylic oxidation sites excluding steroid dienone is 1. The fourth-order valence-electron chi connectivity index (χ4n) is 0.282. The molecule has 3 nitrogen and oxygen atoms in total. The lowest BCUT2D eigenvalue weighted by atomic mass is 10.3. The van der Waals surface area contributed by atoms with Crippen LogP contribution >= 0.6 is 0 Å². The highest BCUT2D eigenvalue weighted by atomic mass is 32.2. The lowest BCUT2D eigenvalue weighted by Gasteiger charge is -1.76. The maximum absolute atomic E-state index is 10.0. The molecule has 0 aliphatic carbocycles. The van der Waals surface area contributed by atoms with Crippen LogP contribution in [0.15, 0.2) is 12.7 Å². The first-order valence-corrected chi connectivity index (χ1v) is 3.26. The summed E-state index contributed by atoms with van der Waals surface area (Å²) in [5, 5.41) is 8.10. The van der Waals surface area contributed by atoms with Gasteiger partial charge in [-0.25, -0.2) is 0 Å². The topological polar surface area (TPSA) is 57.9 Å². The second kappa shape index (κ2) is 3.87. The van der Waals surface area contributed by atoms with Gasteiger partial charge in [-0.15, -0.1) is 6.58 Å². The zero-order valence-corrected chi connectivity index (χ0v) is 5.48. The van der Waals surface area contributed by atoms with Gasteiger partial charge in [-0.05, 0) is 0 Å². The van der Waals surface area contributed by atoms with Crippen molar-refractivity contribution in [1.82, 2.24) is 0 Å². The van der Waals surface area contributed by atoms with E-state index in [9.17, 15) is 8.42 Å². The van der Waals surface area contributed by atoms with Gasteiger partial charge in [0.1, 0.15) is 6.07 Å². The van der Waals surface area contributed by atoms with Crippen LogP contribution in [0.25, 0.3) is 0 Å². The van der Waals surface area contributed by atoms with Gasteiger partial charge >= 0.3 is 0 Å². The highest BCUT2D eigenvalue weighted by Gasteiger charge is 1.92. The van der Waals surface area contributed by atoms with E-state index in [1.54, 1.807) is 0 Å². The van der Waals surface area contributed by atoms with E-state index in [0.29, 0.717) is 0 Å². The van der Waals surface area contributed by atoms with Crippen molar-refractivity contribution in [3.05, 3.63) is 12.7 Å². The Kier molecular flexibility index (Phi) is 3.40. The highest BCUT2D eigenvalue weighted by molar-refractivity contribution is 7.73. The molecule has 9 heavy (non-hydrogen) atoms. The van der Waals surface area contributed by atoms with Gasteiger partial charge in [-0.3, -0.25) is 0 Å². The van der Waals surface area contributed by atoms with E-state index in [2.05, 4.69) is 6.58 Å². The standard InChI is InChI=1S/C5H5NO2S/c1-2-3-5(4-6)9(7)8/h2H,1,3H2. The number of hydrogen-bond acceptors (Lipinski definition) is 3. The molecule has 0 atom stereocenters.